The molecule has 3 rings (SSSR count). The van der Waals surface area contributed by atoms with E-state index in [1.807, 2.05) is 6.07 Å². The molecule has 3 N–H and O–H groups in total. The minimum absolute atomic E-state index is 0.0321. The predicted octanol–water partition coefficient (Wildman–Crippen LogP) is 4.30. The molecule has 7 heteroatoms. The fourth-order valence-electron chi connectivity index (χ4n) is 4.55. The molecule has 2 aliphatic rings. The summed E-state index contributed by atoms with van der Waals surface area (Å²) in [5, 5.41) is 17.9. The molecule has 1 heterocycles. The Morgan fingerprint density at radius 2 is 2.03 bits per heavy atom. The van der Waals surface area contributed by atoms with Crippen LogP contribution in [-0.4, -0.2) is 48.5 Å². The zero-order chi connectivity index (χ0) is 21.7. The largest absolute Gasteiger partial charge is 0.477 e. The Kier molecular flexibility index (Phi) is 8.08. The van der Waals surface area contributed by atoms with Crippen LogP contribution < -0.4 is 4.90 Å². The first-order valence-corrected chi connectivity index (χ1v) is 11.8. The second-order valence-corrected chi connectivity index (χ2v) is 9.64. The third-order valence-electron chi connectivity index (χ3n) is 6.34. The number of anilines is 1. The molecule has 166 valence electrons. The normalized spacial score (nSPS) is 23.0. The molecule has 1 aromatic heterocycles. The SMILES string of the molecule is COCC(C[OH2+])N(C(=O)C1CCC(C)CC1)c1cc(C2=CCCCC2)sc1C(=O)O. The molecular formula is C23H34NO5S+. The Hall–Kier alpha value is -1.70. The first kappa shape index (κ1) is 23.0. The number of amides is 1. The molecule has 0 aromatic carbocycles. The molecule has 0 bridgehead atoms. The van der Waals surface area contributed by atoms with Crippen LogP contribution in [0.1, 0.15) is 72.8 Å². The number of methoxy groups -OCH3 is 1. The Labute approximate surface area is 182 Å². The fraction of sp³-hybridized carbons (Fsp3) is 0.652. The highest BCUT2D eigenvalue weighted by Crippen LogP contribution is 2.40. The molecule has 1 unspecified atom stereocenters. The van der Waals surface area contributed by atoms with Crippen molar-refractivity contribution in [3.8, 4) is 0 Å². The van der Waals surface area contributed by atoms with E-state index in [1.54, 1.807) is 12.0 Å². The van der Waals surface area contributed by atoms with Crippen LogP contribution in [0.5, 0.6) is 0 Å². The molecule has 2 aliphatic carbocycles. The first-order chi connectivity index (χ1) is 14.5. The molecular weight excluding hydrogens is 402 g/mol. The summed E-state index contributed by atoms with van der Waals surface area (Å²) in [5.74, 6) is -0.574. The van der Waals surface area contributed by atoms with Crippen molar-refractivity contribution in [1.29, 1.82) is 0 Å². The maximum absolute atomic E-state index is 13.6. The van der Waals surface area contributed by atoms with Crippen molar-refractivity contribution >= 4 is 34.5 Å². The molecule has 30 heavy (non-hydrogen) atoms. The first-order valence-electron chi connectivity index (χ1n) is 11.0. The Bertz CT molecular complexity index is 779. The summed E-state index contributed by atoms with van der Waals surface area (Å²) < 4.78 is 5.31. The zero-order valence-electron chi connectivity index (χ0n) is 18.0. The van der Waals surface area contributed by atoms with E-state index < -0.39 is 12.0 Å². The zero-order valence-corrected chi connectivity index (χ0v) is 18.8. The molecule has 0 saturated heterocycles. The minimum atomic E-state index is -1.02. The molecule has 1 saturated carbocycles. The number of allylic oxidation sites excluding steroid dienone is 2. The molecule has 0 spiro atoms. The monoisotopic (exact) mass is 436 g/mol. The summed E-state index contributed by atoms with van der Waals surface area (Å²) in [7, 11) is 1.55. The fourth-order valence-corrected chi connectivity index (χ4v) is 5.61. The third kappa shape index (κ3) is 5.13. The highest BCUT2D eigenvalue weighted by atomic mass is 32.1. The van der Waals surface area contributed by atoms with E-state index in [0.29, 0.717) is 11.6 Å². The number of carbonyl (C=O) groups excluding carboxylic acids is 1. The van der Waals surface area contributed by atoms with E-state index >= 15 is 0 Å². The van der Waals surface area contributed by atoms with Crippen LogP contribution in [0.15, 0.2) is 12.1 Å². The number of rotatable bonds is 8. The molecule has 0 radical (unpaired) electrons. The van der Waals surface area contributed by atoms with Crippen molar-refractivity contribution in [2.24, 2.45) is 11.8 Å². The Morgan fingerprint density at radius 3 is 2.60 bits per heavy atom. The van der Waals surface area contributed by atoms with Gasteiger partial charge in [0.05, 0.1) is 12.3 Å². The second-order valence-electron chi connectivity index (χ2n) is 8.58. The quantitative estimate of drug-likeness (QED) is 0.615. The van der Waals surface area contributed by atoms with E-state index in [0.717, 1.165) is 56.2 Å². The summed E-state index contributed by atoms with van der Waals surface area (Å²) in [6.07, 6.45) is 10.0. The smallest absolute Gasteiger partial charge is 0.348 e. The number of thiophene rings is 1. The van der Waals surface area contributed by atoms with Gasteiger partial charge >= 0.3 is 5.97 Å². The van der Waals surface area contributed by atoms with Gasteiger partial charge in [-0.1, -0.05) is 13.0 Å². The second kappa shape index (κ2) is 10.6. The van der Waals surface area contributed by atoms with E-state index in [2.05, 4.69) is 13.0 Å². The van der Waals surface area contributed by atoms with Gasteiger partial charge < -0.3 is 14.9 Å². The number of aromatic carboxylic acids is 1. The standard InChI is InChI=1S/C23H33NO5S/c1-15-8-10-17(11-9-15)22(26)24(18(13-25)14-29-2)19-12-20(30-21(19)23(27)28)16-6-4-3-5-7-16/h6,12,15,17-18,25H,3-5,7-11,13-14H2,1-2H3,(H,27,28)/p+1. The molecule has 1 amide bonds. The van der Waals surface area contributed by atoms with E-state index in [-0.39, 0.29) is 29.9 Å². The van der Waals surface area contributed by atoms with Crippen molar-refractivity contribution < 1.29 is 24.5 Å². The van der Waals surface area contributed by atoms with E-state index in [9.17, 15) is 14.7 Å². The van der Waals surface area contributed by atoms with Crippen LogP contribution in [0.2, 0.25) is 0 Å². The number of carbonyl (C=O) groups is 2. The minimum Gasteiger partial charge on any atom is -0.477 e. The number of carboxylic acid groups (broad SMARTS) is 1. The molecule has 1 atom stereocenters. The predicted molar refractivity (Wildman–Crippen MR) is 120 cm³/mol. The third-order valence-corrected chi connectivity index (χ3v) is 7.52. The lowest BCUT2D eigenvalue weighted by molar-refractivity contribution is -0.124. The highest BCUT2D eigenvalue weighted by Gasteiger charge is 2.37. The number of carboxylic acids is 1. The Morgan fingerprint density at radius 1 is 1.30 bits per heavy atom. The van der Waals surface area contributed by atoms with Crippen molar-refractivity contribution in [1.82, 2.24) is 0 Å². The average molecular weight is 437 g/mol. The maximum atomic E-state index is 13.6. The van der Waals surface area contributed by atoms with Crippen LogP contribution in [0.4, 0.5) is 5.69 Å². The number of nitrogens with zero attached hydrogens (tertiary/aromatic N) is 1. The van der Waals surface area contributed by atoms with Crippen LogP contribution in [-0.2, 0) is 9.53 Å². The van der Waals surface area contributed by atoms with Crippen LogP contribution in [0.3, 0.4) is 0 Å². The van der Waals surface area contributed by atoms with Gasteiger partial charge in [0.15, 0.2) is 6.61 Å². The Balaban J connectivity index is 2.01. The van der Waals surface area contributed by atoms with Gasteiger partial charge in [-0.05, 0) is 68.9 Å². The van der Waals surface area contributed by atoms with Crippen molar-refractivity contribution in [2.45, 2.75) is 64.3 Å². The maximum Gasteiger partial charge on any atom is 0.348 e. The topological polar surface area (TPSA) is 89.7 Å². The van der Waals surface area contributed by atoms with Gasteiger partial charge in [-0.25, -0.2) is 4.79 Å². The summed E-state index contributed by atoms with van der Waals surface area (Å²) in [6, 6.07) is 1.37. The molecule has 1 aromatic rings. The van der Waals surface area contributed by atoms with Crippen LogP contribution >= 0.6 is 11.3 Å². The molecule has 1 fully saturated rings. The van der Waals surface area contributed by atoms with Crippen molar-refractivity contribution in [2.75, 3.05) is 25.2 Å². The van der Waals surface area contributed by atoms with Gasteiger partial charge in [0.25, 0.3) is 0 Å². The molecule has 0 aliphatic heterocycles. The van der Waals surface area contributed by atoms with Gasteiger partial charge in [-0.2, -0.15) is 0 Å². The number of hydrogen-bond donors (Lipinski definition) is 1. The highest BCUT2D eigenvalue weighted by molar-refractivity contribution is 7.15. The van der Waals surface area contributed by atoms with Crippen molar-refractivity contribution in [3.05, 3.63) is 21.9 Å². The average Bonchev–Trinajstić information content (AvgIpc) is 3.19. The van der Waals surface area contributed by atoms with Gasteiger partial charge in [-0.3, -0.25) is 9.69 Å². The van der Waals surface area contributed by atoms with Crippen LogP contribution in [0.25, 0.3) is 5.57 Å². The van der Waals surface area contributed by atoms with Gasteiger partial charge in [-0.15, -0.1) is 11.3 Å². The summed E-state index contributed by atoms with van der Waals surface area (Å²) in [5.41, 5.74) is 1.61. The number of ether oxygens (including phenoxy) is 1. The van der Waals surface area contributed by atoms with Crippen LogP contribution in [0, 0.1) is 11.8 Å². The van der Waals surface area contributed by atoms with E-state index in [4.69, 9.17) is 9.84 Å². The van der Waals surface area contributed by atoms with Gasteiger partial charge in [0.1, 0.15) is 10.9 Å². The lowest BCUT2D eigenvalue weighted by atomic mass is 9.82. The summed E-state index contributed by atoms with van der Waals surface area (Å²) in [4.78, 5) is 28.4. The summed E-state index contributed by atoms with van der Waals surface area (Å²) in [6.45, 7) is 2.39. The van der Waals surface area contributed by atoms with Gasteiger partial charge in [0.2, 0.25) is 5.91 Å². The molecule has 6 nitrogen and oxygen atoms in total. The number of hydrogen-bond acceptors (Lipinski definition) is 4. The van der Waals surface area contributed by atoms with Crippen molar-refractivity contribution in [3.63, 3.8) is 0 Å². The lowest BCUT2D eigenvalue weighted by Gasteiger charge is -2.34. The van der Waals surface area contributed by atoms with E-state index in [1.165, 1.54) is 16.9 Å². The van der Waals surface area contributed by atoms with Gasteiger partial charge in [0, 0.05) is 17.9 Å². The summed E-state index contributed by atoms with van der Waals surface area (Å²) >= 11 is 1.25. The lowest BCUT2D eigenvalue weighted by Crippen LogP contribution is -2.48.